The molecule has 0 radical (unpaired) electrons. The maximum absolute atomic E-state index is 13.0. The minimum atomic E-state index is -1.14. The van der Waals surface area contributed by atoms with Crippen molar-refractivity contribution in [3.8, 4) is 0 Å². The second-order valence-electron chi connectivity index (χ2n) is 6.73. The van der Waals surface area contributed by atoms with E-state index in [0.29, 0.717) is 5.56 Å². The topological polar surface area (TPSA) is 106 Å². The minimum absolute atomic E-state index is 0.00692. The van der Waals surface area contributed by atoms with Crippen molar-refractivity contribution in [1.82, 2.24) is 10.2 Å². The Morgan fingerprint density at radius 1 is 1.19 bits per heavy atom. The van der Waals surface area contributed by atoms with E-state index in [1.54, 1.807) is 0 Å². The molecular formula is C18H22FN4O3+. The van der Waals surface area contributed by atoms with Gasteiger partial charge in [0, 0.05) is 12.6 Å². The summed E-state index contributed by atoms with van der Waals surface area (Å²) in [7, 11) is 0. The number of quaternary nitrogens is 1. The minimum Gasteiger partial charge on any atom is -0.353 e. The average Bonchev–Trinajstić information content (AvgIpc) is 2.61. The number of carbonyl (C=O) groups is 3. The van der Waals surface area contributed by atoms with Crippen molar-refractivity contribution in [3.05, 3.63) is 35.6 Å². The Kier molecular flexibility index (Phi) is 5.41. The number of nitrogens with one attached hydrogen (secondary N) is 1. The molecule has 3 atom stereocenters. The number of hydrogen-bond acceptors (Lipinski definition) is 4. The SMILES string of the molecule is [NH3+][C@H]1CCCC[C@H]1N=C[C@H]1C(=O)NC(=O)N(Cc2ccc(F)cc2)C1=O. The largest absolute Gasteiger partial charge is 0.353 e. The number of urea groups is 1. The van der Waals surface area contributed by atoms with Crippen molar-refractivity contribution >= 4 is 24.1 Å². The van der Waals surface area contributed by atoms with E-state index in [9.17, 15) is 18.8 Å². The number of amides is 4. The highest BCUT2D eigenvalue weighted by atomic mass is 19.1. The summed E-state index contributed by atoms with van der Waals surface area (Å²) in [4.78, 5) is 42.1. The summed E-state index contributed by atoms with van der Waals surface area (Å²) in [6.07, 6.45) is 5.36. The molecule has 1 saturated carbocycles. The molecule has 0 bridgehead atoms. The first-order valence-electron chi connectivity index (χ1n) is 8.72. The van der Waals surface area contributed by atoms with Gasteiger partial charge in [-0.2, -0.15) is 0 Å². The average molecular weight is 361 g/mol. The van der Waals surface area contributed by atoms with Crippen LogP contribution in [-0.2, 0) is 16.1 Å². The van der Waals surface area contributed by atoms with Gasteiger partial charge in [-0.1, -0.05) is 18.6 Å². The molecule has 2 aliphatic rings. The van der Waals surface area contributed by atoms with Crippen LogP contribution in [0.3, 0.4) is 0 Å². The highest BCUT2D eigenvalue weighted by Crippen LogP contribution is 2.20. The second kappa shape index (κ2) is 7.74. The maximum Gasteiger partial charge on any atom is 0.331 e. The molecule has 4 amide bonds. The predicted molar refractivity (Wildman–Crippen MR) is 91.4 cm³/mol. The Morgan fingerprint density at radius 3 is 2.58 bits per heavy atom. The summed E-state index contributed by atoms with van der Waals surface area (Å²) in [6.45, 7) is -0.0377. The lowest BCUT2D eigenvalue weighted by atomic mass is 9.91. The number of aliphatic imine (C=N–C) groups is 1. The van der Waals surface area contributed by atoms with E-state index in [4.69, 9.17) is 0 Å². The lowest BCUT2D eigenvalue weighted by molar-refractivity contribution is -0.428. The summed E-state index contributed by atoms with van der Waals surface area (Å²) in [5, 5.41) is 2.19. The van der Waals surface area contributed by atoms with Crippen molar-refractivity contribution in [2.24, 2.45) is 10.9 Å². The van der Waals surface area contributed by atoms with Crippen LogP contribution in [0.5, 0.6) is 0 Å². The summed E-state index contributed by atoms with van der Waals surface area (Å²) in [5.74, 6) is -2.83. The third-order valence-electron chi connectivity index (χ3n) is 4.84. The molecule has 138 valence electrons. The molecule has 7 nitrogen and oxygen atoms in total. The molecule has 0 aromatic heterocycles. The molecule has 0 spiro atoms. The molecule has 26 heavy (non-hydrogen) atoms. The first-order valence-corrected chi connectivity index (χ1v) is 8.72. The zero-order chi connectivity index (χ0) is 18.7. The van der Waals surface area contributed by atoms with Crippen LogP contribution in [-0.4, -0.2) is 41.0 Å². The van der Waals surface area contributed by atoms with Crippen molar-refractivity contribution < 1.29 is 24.5 Å². The summed E-state index contributed by atoms with van der Waals surface area (Å²) in [6, 6.07) is 4.87. The van der Waals surface area contributed by atoms with E-state index in [-0.39, 0.29) is 18.6 Å². The lowest BCUT2D eigenvalue weighted by Gasteiger charge is -2.29. The summed E-state index contributed by atoms with van der Waals surface area (Å²) in [5.41, 5.74) is 4.66. The van der Waals surface area contributed by atoms with Gasteiger partial charge in [-0.05, 0) is 30.5 Å². The Hall–Kier alpha value is -2.61. The summed E-state index contributed by atoms with van der Waals surface area (Å²) >= 11 is 0. The van der Waals surface area contributed by atoms with Crippen LogP contribution in [0.4, 0.5) is 9.18 Å². The molecule has 1 heterocycles. The van der Waals surface area contributed by atoms with Gasteiger partial charge in [0.2, 0.25) is 11.8 Å². The number of barbiturate groups is 1. The number of carbonyl (C=O) groups excluding carboxylic acids is 3. The summed E-state index contributed by atoms with van der Waals surface area (Å²) < 4.78 is 13.0. The molecule has 1 saturated heterocycles. The Morgan fingerprint density at radius 2 is 1.88 bits per heavy atom. The van der Waals surface area contributed by atoms with Gasteiger partial charge in [-0.25, -0.2) is 9.18 Å². The van der Waals surface area contributed by atoms with Crippen LogP contribution >= 0.6 is 0 Å². The molecule has 1 aromatic carbocycles. The van der Waals surface area contributed by atoms with Gasteiger partial charge in [0.1, 0.15) is 17.9 Å². The lowest BCUT2D eigenvalue weighted by Crippen LogP contribution is -2.66. The van der Waals surface area contributed by atoms with E-state index < -0.39 is 29.6 Å². The van der Waals surface area contributed by atoms with Crippen LogP contribution < -0.4 is 11.1 Å². The van der Waals surface area contributed by atoms with E-state index in [0.717, 1.165) is 30.6 Å². The quantitative estimate of drug-likeness (QED) is 0.607. The fraction of sp³-hybridized carbons (Fsp3) is 0.444. The zero-order valence-electron chi connectivity index (χ0n) is 14.4. The van der Waals surface area contributed by atoms with E-state index >= 15 is 0 Å². The number of nitrogens with zero attached hydrogens (tertiary/aromatic N) is 2. The predicted octanol–water partition coefficient (Wildman–Crippen LogP) is 0.644. The molecule has 2 fully saturated rings. The number of halogens is 1. The standard InChI is InChI=1S/C18H21FN4O3/c19-12-7-5-11(6-8-12)10-23-17(25)13(16(24)22-18(23)26)9-21-15-4-2-1-3-14(15)20/h5-9,13-15H,1-4,10,20H2,(H,22,24,26)/p+1/t13-,14-,15+/m0/s1. The molecule has 4 N–H and O–H groups in total. The Labute approximate surface area is 150 Å². The first kappa shape index (κ1) is 18.2. The monoisotopic (exact) mass is 361 g/mol. The number of hydrogen-bond donors (Lipinski definition) is 2. The molecule has 1 aliphatic carbocycles. The highest BCUT2D eigenvalue weighted by Gasteiger charge is 2.39. The van der Waals surface area contributed by atoms with E-state index in [2.05, 4.69) is 16.0 Å². The third-order valence-corrected chi connectivity index (χ3v) is 4.84. The van der Waals surface area contributed by atoms with Crippen LogP contribution in [0.25, 0.3) is 0 Å². The van der Waals surface area contributed by atoms with E-state index in [1.807, 2.05) is 0 Å². The molecule has 8 heteroatoms. The molecule has 1 aliphatic heterocycles. The van der Waals surface area contributed by atoms with Gasteiger partial charge in [0.15, 0.2) is 5.92 Å². The van der Waals surface area contributed by atoms with Gasteiger partial charge in [0.05, 0.1) is 6.54 Å². The molecule has 3 rings (SSSR count). The van der Waals surface area contributed by atoms with Crippen LogP contribution in [0.15, 0.2) is 29.3 Å². The Balaban J connectivity index is 1.73. The van der Waals surface area contributed by atoms with Crippen molar-refractivity contribution in [2.45, 2.75) is 44.3 Å². The van der Waals surface area contributed by atoms with Gasteiger partial charge >= 0.3 is 6.03 Å². The zero-order valence-corrected chi connectivity index (χ0v) is 14.4. The molecule has 0 unspecified atom stereocenters. The van der Waals surface area contributed by atoms with E-state index in [1.165, 1.54) is 30.5 Å². The number of imide groups is 2. The van der Waals surface area contributed by atoms with Crippen molar-refractivity contribution in [2.75, 3.05) is 0 Å². The third kappa shape index (κ3) is 3.96. The number of benzene rings is 1. The van der Waals surface area contributed by atoms with Gasteiger partial charge in [-0.15, -0.1) is 0 Å². The van der Waals surface area contributed by atoms with Crippen LogP contribution in [0.2, 0.25) is 0 Å². The van der Waals surface area contributed by atoms with Crippen LogP contribution in [0.1, 0.15) is 31.2 Å². The van der Waals surface area contributed by atoms with Crippen LogP contribution in [0, 0.1) is 11.7 Å². The van der Waals surface area contributed by atoms with Crippen molar-refractivity contribution in [1.29, 1.82) is 0 Å². The fourth-order valence-corrected chi connectivity index (χ4v) is 3.27. The van der Waals surface area contributed by atoms with Gasteiger partial charge in [0.25, 0.3) is 0 Å². The second-order valence-corrected chi connectivity index (χ2v) is 6.73. The number of rotatable bonds is 4. The molecule has 1 aromatic rings. The normalized spacial score (nSPS) is 27.1. The highest BCUT2D eigenvalue weighted by molar-refractivity contribution is 6.23. The maximum atomic E-state index is 13.0. The fourth-order valence-electron chi connectivity index (χ4n) is 3.27. The first-order chi connectivity index (χ1) is 12.5. The molecular weight excluding hydrogens is 339 g/mol. The van der Waals surface area contributed by atoms with Gasteiger partial charge < -0.3 is 5.73 Å². The van der Waals surface area contributed by atoms with Gasteiger partial charge in [-0.3, -0.25) is 24.8 Å². The smallest absolute Gasteiger partial charge is 0.331 e. The van der Waals surface area contributed by atoms with Crippen molar-refractivity contribution in [3.63, 3.8) is 0 Å². The Bertz CT molecular complexity index is 734.